The van der Waals surface area contributed by atoms with Crippen molar-refractivity contribution < 1.29 is 14.3 Å². The van der Waals surface area contributed by atoms with Crippen molar-refractivity contribution in [1.82, 2.24) is 0 Å². The average Bonchev–Trinajstić information content (AvgIpc) is 2.80. The lowest BCUT2D eigenvalue weighted by Gasteiger charge is -2.13. The zero-order valence-corrected chi connectivity index (χ0v) is 17.9. The van der Waals surface area contributed by atoms with Gasteiger partial charge in [-0.15, -0.1) is 0 Å². The second-order valence-electron chi connectivity index (χ2n) is 7.49. The third-order valence-electron chi connectivity index (χ3n) is 5.04. The molecule has 4 nitrogen and oxygen atoms in total. The Morgan fingerprint density at radius 1 is 0.719 bits per heavy atom. The number of benzene rings is 4. The number of carbonyl (C=O) groups excluding carboxylic acids is 1. The van der Waals surface area contributed by atoms with E-state index in [0.717, 1.165) is 33.0 Å². The molecule has 0 fully saturated rings. The summed E-state index contributed by atoms with van der Waals surface area (Å²) in [5, 5.41) is 10.6. The molecule has 0 radical (unpaired) electrons. The molecule has 32 heavy (non-hydrogen) atoms. The number of fused-ring (bicyclic) bond motifs is 1. The predicted octanol–water partition coefficient (Wildman–Crippen LogP) is 6.88. The van der Waals surface area contributed by atoms with Crippen LogP contribution in [0.4, 0.5) is 0 Å². The third kappa shape index (κ3) is 4.38. The van der Waals surface area contributed by atoms with Crippen LogP contribution in [-0.2, 0) is 4.79 Å². The van der Waals surface area contributed by atoms with E-state index in [-0.39, 0.29) is 5.97 Å². The Balaban J connectivity index is 1.74. The molecule has 0 atom stereocenters. The summed E-state index contributed by atoms with van der Waals surface area (Å²) in [6, 6.07) is 27.4. The van der Waals surface area contributed by atoms with Crippen molar-refractivity contribution >= 4 is 16.7 Å². The van der Waals surface area contributed by atoms with Gasteiger partial charge >= 0.3 is 5.97 Å². The molecule has 0 amide bonds. The summed E-state index contributed by atoms with van der Waals surface area (Å²) in [6.07, 6.45) is 0. The molecule has 0 saturated heterocycles. The van der Waals surface area contributed by atoms with Crippen molar-refractivity contribution in [2.24, 2.45) is 0 Å². The Hall–Kier alpha value is -4.36. The van der Waals surface area contributed by atoms with E-state index in [9.17, 15) is 4.79 Å². The number of allylic oxidation sites excluding steroid dienone is 1. The minimum atomic E-state index is -0.373. The van der Waals surface area contributed by atoms with Crippen molar-refractivity contribution in [2.45, 2.75) is 13.8 Å². The predicted molar refractivity (Wildman–Crippen MR) is 126 cm³/mol. The van der Waals surface area contributed by atoms with Crippen LogP contribution in [0, 0.1) is 11.3 Å². The zero-order chi connectivity index (χ0) is 22.7. The quantitative estimate of drug-likeness (QED) is 0.201. The van der Waals surface area contributed by atoms with Crippen LogP contribution in [0.5, 0.6) is 11.5 Å². The zero-order valence-electron chi connectivity index (χ0n) is 17.9. The first-order valence-electron chi connectivity index (χ1n) is 10.1. The minimum Gasteiger partial charge on any atom is -0.462 e. The van der Waals surface area contributed by atoms with Gasteiger partial charge in [0.25, 0.3) is 0 Å². The first kappa shape index (κ1) is 20.9. The highest BCUT2D eigenvalue weighted by atomic mass is 16.5. The normalized spacial score (nSPS) is 10.4. The summed E-state index contributed by atoms with van der Waals surface area (Å²) in [7, 11) is 0. The summed E-state index contributed by atoms with van der Waals surface area (Å²) >= 11 is 0. The molecule has 0 spiro atoms. The van der Waals surface area contributed by atoms with Crippen LogP contribution in [-0.4, -0.2) is 5.97 Å². The molecule has 4 aromatic carbocycles. The monoisotopic (exact) mass is 419 g/mol. The summed E-state index contributed by atoms with van der Waals surface area (Å²) in [4.78, 5) is 11.5. The van der Waals surface area contributed by atoms with Crippen molar-refractivity contribution in [2.75, 3.05) is 0 Å². The molecule has 0 aliphatic rings. The van der Waals surface area contributed by atoms with Crippen LogP contribution >= 0.6 is 0 Å². The van der Waals surface area contributed by atoms with Gasteiger partial charge in [-0.05, 0) is 65.6 Å². The van der Waals surface area contributed by atoms with Crippen LogP contribution in [0.15, 0.2) is 91.2 Å². The Bertz CT molecular complexity index is 1360. The van der Waals surface area contributed by atoms with Crippen LogP contribution in [0.25, 0.3) is 33.0 Å². The minimum absolute atomic E-state index is 0.373. The maximum atomic E-state index is 11.5. The van der Waals surface area contributed by atoms with Crippen molar-refractivity contribution in [3.63, 3.8) is 0 Å². The number of rotatable bonds is 5. The largest absolute Gasteiger partial charge is 0.462 e. The lowest BCUT2D eigenvalue weighted by atomic mass is 9.97. The summed E-state index contributed by atoms with van der Waals surface area (Å²) < 4.78 is 11.2. The topological polar surface area (TPSA) is 59.3 Å². The van der Waals surface area contributed by atoms with E-state index in [0.29, 0.717) is 22.8 Å². The number of carbonyl (C=O) groups is 1. The molecule has 4 heteroatoms. The second kappa shape index (κ2) is 8.79. The number of esters is 1. The molecule has 0 N–H and O–H groups in total. The maximum Gasteiger partial charge on any atom is 0.308 e. The number of hydrogen-bond acceptors (Lipinski definition) is 4. The molecule has 0 aliphatic heterocycles. The molecule has 0 aliphatic carbocycles. The van der Waals surface area contributed by atoms with Crippen LogP contribution < -0.4 is 9.47 Å². The Morgan fingerprint density at radius 2 is 1.22 bits per heavy atom. The van der Waals surface area contributed by atoms with E-state index < -0.39 is 0 Å². The molecule has 0 saturated carbocycles. The highest BCUT2D eigenvalue weighted by Gasteiger charge is 2.12. The molecular weight excluding hydrogens is 398 g/mol. The van der Waals surface area contributed by atoms with Gasteiger partial charge in [0.2, 0.25) is 0 Å². The van der Waals surface area contributed by atoms with E-state index in [1.807, 2.05) is 42.5 Å². The first-order valence-corrected chi connectivity index (χ1v) is 10.1. The summed E-state index contributed by atoms with van der Waals surface area (Å²) in [5.74, 6) is 1.34. The van der Waals surface area contributed by atoms with Gasteiger partial charge in [-0.25, -0.2) is 0 Å². The van der Waals surface area contributed by atoms with Gasteiger partial charge in [0, 0.05) is 17.7 Å². The molecule has 4 rings (SSSR count). The Labute approximate surface area is 187 Å². The number of ether oxygens (including phenoxy) is 2. The van der Waals surface area contributed by atoms with Crippen molar-refractivity contribution in [1.29, 1.82) is 5.26 Å². The highest BCUT2D eigenvalue weighted by molar-refractivity contribution is 5.97. The SMILES string of the molecule is C=C(C)Oc1ccc(OC(C)=O)c2ccc(-c3ccc(-c4ccc(C#N)cc4)cc3)cc12. The highest BCUT2D eigenvalue weighted by Crippen LogP contribution is 2.37. The van der Waals surface area contributed by atoms with Gasteiger partial charge in [-0.3, -0.25) is 4.79 Å². The molecule has 156 valence electrons. The van der Waals surface area contributed by atoms with E-state index >= 15 is 0 Å². The van der Waals surface area contributed by atoms with Gasteiger partial charge in [-0.1, -0.05) is 49.0 Å². The van der Waals surface area contributed by atoms with Gasteiger partial charge < -0.3 is 9.47 Å². The van der Waals surface area contributed by atoms with E-state index in [1.54, 1.807) is 19.1 Å². The van der Waals surface area contributed by atoms with Crippen molar-refractivity contribution in [3.8, 4) is 39.8 Å². The Kier molecular flexibility index (Phi) is 5.74. The lowest BCUT2D eigenvalue weighted by Crippen LogP contribution is -2.02. The van der Waals surface area contributed by atoms with E-state index in [1.165, 1.54) is 6.92 Å². The standard InChI is InChI=1S/C28H21NO3/c1-18(2)31-28-15-14-27(32-19(3)30)25-13-12-24(16-26(25)28)23-10-8-22(9-11-23)21-6-4-20(17-29)5-7-21/h4-16H,1H2,2-3H3. The Morgan fingerprint density at radius 3 is 1.75 bits per heavy atom. The molecule has 0 heterocycles. The van der Waals surface area contributed by atoms with Crippen LogP contribution in [0.1, 0.15) is 19.4 Å². The number of nitrogens with zero attached hydrogens (tertiary/aromatic N) is 1. The van der Waals surface area contributed by atoms with Gasteiger partial charge in [-0.2, -0.15) is 5.26 Å². The fourth-order valence-electron chi connectivity index (χ4n) is 3.59. The third-order valence-corrected chi connectivity index (χ3v) is 5.04. The molecule has 0 unspecified atom stereocenters. The van der Waals surface area contributed by atoms with Gasteiger partial charge in [0.1, 0.15) is 11.5 Å². The fourth-order valence-corrected chi connectivity index (χ4v) is 3.59. The molecular formula is C28H21NO3. The number of nitriles is 1. The van der Waals surface area contributed by atoms with Crippen LogP contribution in [0.3, 0.4) is 0 Å². The smallest absolute Gasteiger partial charge is 0.308 e. The number of hydrogen-bond donors (Lipinski definition) is 0. The van der Waals surface area contributed by atoms with E-state index in [4.69, 9.17) is 14.7 Å². The lowest BCUT2D eigenvalue weighted by molar-refractivity contribution is -0.131. The van der Waals surface area contributed by atoms with Gasteiger partial charge in [0.05, 0.1) is 17.4 Å². The maximum absolute atomic E-state index is 11.5. The summed E-state index contributed by atoms with van der Waals surface area (Å²) in [5.41, 5.74) is 4.82. The fraction of sp³-hybridized carbons (Fsp3) is 0.0714. The van der Waals surface area contributed by atoms with E-state index in [2.05, 4.69) is 36.9 Å². The summed E-state index contributed by atoms with van der Waals surface area (Å²) in [6.45, 7) is 7.00. The molecule has 0 bridgehead atoms. The van der Waals surface area contributed by atoms with Crippen LogP contribution in [0.2, 0.25) is 0 Å². The van der Waals surface area contributed by atoms with Crippen molar-refractivity contribution in [3.05, 3.63) is 96.8 Å². The molecule has 4 aromatic rings. The first-order chi connectivity index (χ1) is 15.4. The van der Waals surface area contributed by atoms with Gasteiger partial charge in [0.15, 0.2) is 0 Å². The average molecular weight is 419 g/mol. The second-order valence-corrected chi connectivity index (χ2v) is 7.49. The molecule has 0 aromatic heterocycles.